The molecule has 6 aromatic rings. The van der Waals surface area contributed by atoms with E-state index >= 15 is 0 Å². The third kappa shape index (κ3) is 17.0. The van der Waals surface area contributed by atoms with E-state index in [0.717, 1.165) is 28.5 Å². The number of benzene rings is 2. The number of aliphatic hydroxyl groups is 2. The van der Waals surface area contributed by atoms with Crippen molar-refractivity contribution in [3.8, 4) is 12.0 Å². The normalized spacial score (nSPS) is 11.0. The molecule has 6 rings (SSSR count). The second-order valence-electron chi connectivity index (χ2n) is 15.9. The monoisotopic (exact) mass is 1020 g/mol. The summed E-state index contributed by atoms with van der Waals surface area (Å²) in [5.41, 5.74) is 1.27. The minimum atomic E-state index is -0.489. The van der Waals surface area contributed by atoms with E-state index in [1.807, 2.05) is 58.9 Å². The Morgan fingerprint density at radius 1 is 0.623 bits per heavy atom. The number of aromatic nitrogens is 8. The number of aliphatic hydroxyl groups excluding tert-OH is 2. The second kappa shape index (κ2) is 29.0. The van der Waals surface area contributed by atoms with Gasteiger partial charge in [0.1, 0.15) is 13.2 Å². The predicted octanol–water partition coefficient (Wildman–Crippen LogP) is 5.76. The molecule has 0 aliphatic rings. The highest BCUT2D eigenvalue weighted by Gasteiger charge is 2.23. The van der Waals surface area contributed by atoms with Crippen LogP contribution in [0.15, 0.2) is 67.7 Å². The molecule has 69 heavy (non-hydrogen) atoms. The average molecular weight is 1020 g/mol. The van der Waals surface area contributed by atoms with Crippen molar-refractivity contribution in [2.24, 2.45) is 14.1 Å². The summed E-state index contributed by atoms with van der Waals surface area (Å²) in [6.45, 7) is 15.3. The summed E-state index contributed by atoms with van der Waals surface area (Å²) < 4.78 is 31.3. The van der Waals surface area contributed by atoms with Crippen molar-refractivity contribution in [2.75, 3.05) is 39.6 Å². The molecule has 0 aliphatic heterocycles. The van der Waals surface area contributed by atoms with Crippen LogP contribution in [0.1, 0.15) is 78.9 Å². The quantitative estimate of drug-likeness (QED) is 0.0688. The number of aryl methyl sites for hydroxylation is 2. The van der Waals surface area contributed by atoms with E-state index in [1.165, 1.54) is 20.6 Å². The van der Waals surface area contributed by atoms with Crippen molar-refractivity contribution in [3.63, 3.8) is 0 Å². The van der Waals surface area contributed by atoms with E-state index < -0.39 is 11.2 Å². The van der Waals surface area contributed by atoms with Gasteiger partial charge in [0.25, 0.3) is 23.1 Å². The fourth-order valence-electron chi connectivity index (χ4n) is 6.53. The summed E-state index contributed by atoms with van der Waals surface area (Å²) in [6, 6.07) is 15.1. The number of fused-ring (bicyclic) bond motifs is 2. The van der Waals surface area contributed by atoms with Crippen LogP contribution in [0.5, 0.6) is 12.0 Å². The number of rotatable bonds is 20. The Labute approximate surface area is 415 Å². The van der Waals surface area contributed by atoms with E-state index in [0.29, 0.717) is 60.5 Å². The first-order valence-corrected chi connectivity index (χ1v) is 23.7. The average Bonchev–Trinajstić information content (AvgIpc) is 3.85. The second-order valence-corrected chi connectivity index (χ2v) is 17.3. The minimum Gasteiger partial charge on any atom is -0.462 e. The molecule has 0 amide bonds. The van der Waals surface area contributed by atoms with Crippen LogP contribution in [0.3, 0.4) is 0 Å². The number of hydrogen-bond acceptors (Lipinski definition) is 13. The van der Waals surface area contributed by atoms with Crippen LogP contribution in [0, 0.1) is 0 Å². The smallest absolute Gasteiger partial charge is 0.332 e. The number of nitrogens with zero attached hydrogens (tertiary/aromatic N) is 8. The predicted molar refractivity (Wildman–Crippen MR) is 269 cm³/mol. The standard InChI is InChI=1S/C22H29ClN4O4.C21H27ClN4O5.C2H3ClO.C2H6O/c1-5-6-11-26-20(28)18-19(25(4)22(26)29)24-21(31-13-12-30-15(2)3)27(18)14-16-7-9-17(23)10-8-16;1-14(2)30-11-12-31-20-23-18-17(26(20)13-15-5-7-16(22)8-6-15)19(28)25(9-4-10-27)21(29)24(18)3;1-2(3)4;1-2-3/h7-10,15H,5-6,11-14H2,1-4H3;5-8,14,27H,4,9-13H2,1-3H3;1H3;3H,2H2,1H3. The van der Waals surface area contributed by atoms with Gasteiger partial charge in [-0.05, 0) is 94.5 Å². The summed E-state index contributed by atoms with van der Waals surface area (Å²) in [4.78, 5) is 70.1. The molecule has 22 heteroatoms. The van der Waals surface area contributed by atoms with E-state index in [-0.39, 0.29) is 84.9 Å². The highest BCUT2D eigenvalue weighted by atomic mass is 35.5. The molecule has 0 spiro atoms. The molecule has 0 saturated heterocycles. The van der Waals surface area contributed by atoms with Crippen LogP contribution < -0.4 is 32.0 Å². The van der Waals surface area contributed by atoms with Gasteiger partial charge in [0, 0.05) is 57.4 Å². The lowest BCUT2D eigenvalue weighted by Gasteiger charge is -2.12. The number of imidazole rings is 2. The molecule has 0 fully saturated rings. The van der Waals surface area contributed by atoms with E-state index in [2.05, 4.69) is 21.6 Å². The fraction of sp³-hybridized carbons (Fsp3) is 0.511. The molecule has 0 unspecified atom stereocenters. The number of ether oxygens (including phenoxy) is 4. The van der Waals surface area contributed by atoms with E-state index in [9.17, 15) is 24.0 Å². The summed E-state index contributed by atoms with van der Waals surface area (Å²) in [7, 11) is 3.18. The zero-order chi connectivity index (χ0) is 51.4. The van der Waals surface area contributed by atoms with Gasteiger partial charge in [-0.25, -0.2) is 9.59 Å². The Morgan fingerprint density at radius 3 is 1.29 bits per heavy atom. The first-order chi connectivity index (χ1) is 32.8. The Bertz CT molecular complexity index is 2610. The first kappa shape index (κ1) is 58.0. The highest BCUT2D eigenvalue weighted by molar-refractivity contribution is 6.62. The SMILES string of the molecule is CC(=O)Cl.CC(C)OCCOc1nc2c(c(=O)n(CCCO)c(=O)n2C)n1Cc1ccc(Cl)cc1.CCCCn1c(=O)c2c(nc(OCCOC(C)C)n2Cc2ccc(Cl)cc2)n(C)c1=O.CCO. The van der Waals surface area contributed by atoms with Gasteiger partial charge in [-0.2, -0.15) is 9.97 Å². The Kier molecular flexibility index (Phi) is 24.4. The minimum absolute atomic E-state index is 0.0658. The highest BCUT2D eigenvalue weighted by Crippen LogP contribution is 2.23. The van der Waals surface area contributed by atoms with Gasteiger partial charge in [0.05, 0.1) is 38.5 Å². The zero-order valence-corrected chi connectivity index (χ0v) is 43.0. The maximum atomic E-state index is 13.3. The number of unbranched alkanes of at least 4 members (excludes halogenated alkanes) is 1. The summed E-state index contributed by atoms with van der Waals surface area (Å²) in [5, 5.41) is 17.6. The summed E-state index contributed by atoms with van der Waals surface area (Å²) in [6.07, 6.45) is 2.06. The van der Waals surface area contributed by atoms with Crippen LogP contribution in [0.2, 0.25) is 10.0 Å². The molecule has 0 aliphatic carbocycles. The molecule has 0 radical (unpaired) electrons. The summed E-state index contributed by atoms with van der Waals surface area (Å²) in [5.74, 6) is 0. The lowest BCUT2D eigenvalue weighted by atomic mass is 10.2. The molecule has 0 bridgehead atoms. The van der Waals surface area contributed by atoms with Crippen LogP contribution in [-0.4, -0.2) is 105 Å². The third-order valence-electron chi connectivity index (χ3n) is 9.71. The maximum Gasteiger partial charge on any atom is 0.332 e. The van der Waals surface area contributed by atoms with Crippen LogP contribution in [-0.2, 0) is 54.5 Å². The van der Waals surface area contributed by atoms with Crippen molar-refractivity contribution in [1.82, 2.24) is 37.4 Å². The van der Waals surface area contributed by atoms with E-state index in [4.69, 9.17) is 52.4 Å². The molecule has 2 N–H and O–H groups in total. The molecule has 4 aromatic heterocycles. The molecule has 19 nitrogen and oxygen atoms in total. The largest absolute Gasteiger partial charge is 0.462 e. The Morgan fingerprint density at radius 2 is 0.971 bits per heavy atom. The van der Waals surface area contributed by atoms with Crippen molar-refractivity contribution >= 4 is 62.4 Å². The molecular weight excluding hydrogens is 959 g/mol. The summed E-state index contributed by atoms with van der Waals surface area (Å²) >= 11 is 16.6. The van der Waals surface area contributed by atoms with Crippen molar-refractivity contribution in [3.05, 3.63) is 111 Å². The van der Waals surface area contributed by atoms with Gasteiger partial charge in [-0.15, -0.1) is 0 Å². The van der Waals surface area contributed by atoms with Gasteiger partial charge in [-0.3, -0.25) is 41.8 Å². The molecule has 380 valence electrons. The fourth-order valence-corrected chi connectivity index (χ4v) is 6.79. The van der Waals surface area contributed by atoms with Crippen molar-refractivity contribution < 1.29 is 34.0 Å². The number of halogens is 3. The van der Waals surface area contributed by atoms with Crippen LogP contribution >= 0.6 is 34.8 Å². The Balaban J connectivity index is 0.000000322. The van der Waals surface area contributed by atoms with Crippen molar-refractivity contribution in [2.45, 2.75) is 106 Å². The number of hydrogen-bond donors (Lipinski definition) is 2. The Hall–Kier alpha value is -5.28. The topological polar surface area (TPSA) is 218 Å². The number of carbonyl (C=O) groups excluding carboxylic acids is 1. The van der Waals surface area contributed by atoms with Gasteiger partial charge in [-0.1, -0.05) is 60.8 Å². The molecule has 2 aromatic carbocycles. The molecule has 4 heterocycles. The molecular formula is C47H65Cl3N8O11. The molecule has 0 saturated carbocycles. The van der Waals surface area contributed by atoms with Gasteiger partial charge < -0.3 is 29.2 Å². The number of carbonyl (C=O) groups is 1. The van der Waals surface area contributed by atoms with Crippen molar-refractivity contribution in [1.29, 1.82) is 0 Å². The van der Waals surface area contributed by atoms with Gasteiger partial charge in [0.2, 0.25) is 5.24 Å². The zero-order valence-electron chi connectivity index (χ0n) is 40.7. The van der Waals surface area contributed by atoms with Crippen LogP contribution in [0.25, 0.3) is 22.3 Å². The lowest BCUT2D eigenvalue weighted by molar-refractivity contribution is -0.109. The van der Waals surface area contributed by atoms with Gasteiger partial charge in [0.15, 0.2) is 22.3 Å². The molecule has 0 atom stereocenters. The third-order valence-corrected chi connectivity index (χ3v) is 10.2. The van der Waals surface area contributed by atoms with Crippen LogP contribution in [0.4, 0.5) is 0 Å². The maximum absolute atomic E-state index is 13.3. The lowest BCUT2D eigenvalue weighted by Crippen LogP contribution is -2.39. The van der Waals surface area contributed by atoms with Gasteiger partial charge >= 0.3 is 11.4 Å². The van der Waals surface area contributed by atoms with E-state index in [1.54, 1.807) is 54.4 Å². The first-order valence-electron chi connectivity index (χ1n) is 22.6.